The summed E-state index contributed by atoms with van der Waals surface area (Å²) in [6.45, 7) is 0. The van der Waals surface area contributed by atoms with Crippen LogP contribution in [0.15, 0.2) is 42.5 Å². The van der Waals surface area contributed by atoms with E-state index >= 15 is 0 Å². The molecule has 1 unspecified atom stereocenters. The Morgan fingerprint density at radius 2 is 2.00 bits per heavy atom. The Balaban J connectivity index is 2.12. The maximum absolute atomic E-state index is 12.3. The van der Waals surface area contributed by atoms with E-state index in [1.165, 1.54) is 7.11 Å². The normalized spacial score (nSPS) is 11.2. The zero-order chi connectivity index (χ0) is 17.5. The molecule has 0 fully saturated rings. The van der Waals surface area contributed by atoms with Gasteiger partial charge in [-0.15, -0.1) is 0 Å². The molecular formula is C18H17ClN2O3. The van der Waals surface area contributed by atoms with Crippen molar-refractivity contribution in [1.29, 1.82) is 5.26 Å². The van der Waals surface area contributed by atoms with E-state index in [0.717, 1.165) is 0 Å². The first-order chi connectivity index (χ1) is 11.6. The van der Waals surface area contributed by atoms with Crippen LogP contribution < -0.4 is 14.8 Å². The molecule has 0 saturated carbocycles. The van der Waals surface area contributed by atoms with Gasteiger partial charge in [-0.05, 0) is 23.8 Å². The zero-order valence-electron chi connectivity index (χ0n) is 13.4. The van der Waals surface area contributed by atoms with Gasteiger partial charge in [0.2, 0.25) is 5.91 Å². The highest BCUT2D eigenvalue weighted by Gasteiger charge is 2.18. The average molecular weight is 345 g/mol. The van der Waals surface area contributed by atoms with Crippen LogP contribution in [0.2, 0.25) is 5.02 Å². The van der Waals surface area contributed by atoms with Crippen LogP contribution in [0.5, 0.6) is 11.5 Å². The van der Waals surface area contributed by atoms with Crippen molar-refractivity contribution < 1.29 is 14.3 Å². The third-order valence-electron chi connectivity index (χ3n) is 3.50. The molecule has 0 spiro atoms. The molecule has 0 aromatic heterocycles. The van der Waals surface area contributed by atoms with Crippen LogP contribution in [0, 0.1) is 11.3 Å². The largest absolute Gasteiger partial charge is 0.497 e. The molecule has 1 N–H and O–H groups in total. The molecular weight excluding hydrogens is 328 g/mol. The first-order valence-corrected chi connectivity index (χ1v) is 7.61. The standard InChI is InChI=1S/C18H17ClN2O3/c1-23-13-8-7-12(15(19)10-13)9-18(22)21-16(11-20)14-5-3-4-6-17(14)24-2/h3-8,10,16H,9H2,1-2H3,(H,21,22). The molecule has 5 nitrogen and oxygen atoms in total. The second-order valence-electron chi connectivity index (χ2n) is 5.01. The highest BCUT2D eigenvalue weighted by molar-refractivity contribution is 6.31. The van der Waals surface area contributed by atoms with E-state index < -0.39 is 6.04 Å². The quantitative estimate of drug-likeness (QED) is 0.873. The fourth-order valence-corrected chi connectivity index (χ4v) is 2.51. The predicted molar refractivity (Wildman–Crippen MR) is 91.2 cm³/mol. The number of ether oxygens (including phenoxy) is 2. The Labute approximate surface area is 145 Å². The SMILES string of the molecule is COc1ccc(CC(=O)NC(C#N)c2ccccc2OC)c(Cl)c1. The molecule has 0 saturated heterocycles. The van der Waals surface area contributed by atoms with Crippen LogP contribution >= 0.6 is 11.6 Å². The lowest BCUT2D eigenvalue weighted by Gasteiger charge is -2.15. The monoisotopic (exact) mass is 344 g/mol. The molecule has 24 heavy (non-hydrogen) atoms. The number of methoxy groups -OCH3 is 2. The summed E-state index contributed by atoms with van der Waals surface area (Å²) >= 11 is 6.14. The van der Waals surface area contributed by atoms with Crippen molar-refractivity contribution in [3.63, 3.8) is 0 Å². The van der Waals surface area contributed by atoms with Gasteiger partial charge < -0.3 is 14.8 Å². The van der Waals surface area contributed by atoms with Crippen LogP contribution in [0.4, 0.5) is 0 Å². The smallest absolute Gasteiger partial charge is 0.225 e. The number of carbonyl (C=O) groups is 1. The summed E-state index contributed by atoms with van der Waals surface area (Å²) < 4.78 is 10.3. The summed E-state index contributed by atoms with van der Waals surface area (Å²) in [7, 11) is 3.06. The first kappa shape index (κ1) is 17.6. The van der Waals surface area contributed by atoms with E-state index in [1.54, 1.807) is 49.6 Å². The van der Waals surface area contributed by atoms with Gasteiger partial charge in [0, 0.05) is 10.6 Å². The van der Waals surface area contributed by atoms with Crippen molar-refractivity contribution in [2.24, 2.45) is 0 Å². The lowest BCUT2D eigenvalue weighted by atomic mass is 10.1. The van der Waals surface area contributed by atoms with Crippen LogP contribution in [-0.4, -0.2) is 20.1 Å². The lowest BCUT2D eigenvalue weighted by Crippen LogP contribution is -2.29. The van der Waals surface area contributed by atoms with Crippen molar-refractivity contribution in [3.8, 4) is 17.6 Å². The Kier molecular flexibility index (Phi) is 6.05. The van der Waals surface area contributed by atoms with E-state index in [-0.39, 0.29) is 12.3 Å². The van der Waals surface area contributed by atoms with Gasteiger partial charge >= 0.3 is 0 Å². The zero-order valence-corrected chi connectivity index (χ0v) is 14.1. The van der Waals surface area contributed by atoms with Gasteiger partial charge in [0.15, 0.2) is 0 Å². The molecule has 0 heterocycles. The van der Waals surface area contributed by atoms with Gasteiger partial charge in [0.1, 0.15) is 17.5 Å². The molecule has 0 radical (unpaired) electrons. The fraction of sp³-hybridized carbons (Fsp3) is 0.222. The fourth-order valence-electron chi connectivity index (χ4n) is 2.27. The number of nitrogens with one attached hydrogen (secondary N) is 1. The third kappa shape index (κ3) is 4.18. The van der Waals surface area contributed by atoms with Gasteiger partial charge in [0.25, 0.3) is 0 Å². The van der Waals surface area contributed by atoms with E-state index in [0.29, 0.717) is 27.6 Å². The topological polar surface area (TPSA) is 71.3 Å². The maximum atomic E-state index is 12.3. The number of nitriles is 1. The summed E-state index contributed by atoms with van der Waals surface area (Å²) in [5.41, 5.74) is 1.27. The highest BCUT2D eigenvalue weighted by Crippen LogP contribution is 2.25. The molecule has 2 aromatic carbocycles. The number of halogens is 1. The van der Waals surface area contributed by atoms with Crippen LogP contribution in [-0.2, 0) is 11.2 Å². The molecule has 0 aliphatic carbocycles. The number of carbonyl (C=O) groups excluding carboxylic acids is 1. The number of para-hydroxylation sites is 1. The minimum atomic E-state index is -0.800. The number of benzene rings is 2. The van der Waals surface area contributed by atoms with Gasteiger partial charge in [0.05, 0.1) is 26.7 Å². The highest BCUT2D eigenvalue weighted by atomic mass is 35.5. The van der Waals surface area contributed by atoms with Crippen molar-refractivity contribution in [3.05, 3.63) is 58.6 Å². The lowest BCUT2D eigenvalue weighted by molar-refractivity contribution is -0.120. The van der Waals surface area contributed by atoms with Gasteiger partial charge in [-0.3, -0.25) is 4.79 Å². The number of rotatable bonds is 6. The van der Waals surface area contributed by atoms with E-state index in [4.69, 9.17) is 21.1 Å². The minimum Gasteiger partial charge on any atom is -0.497 e. The van der Waals surface area contributed by atoms with Crippen molar-refractivity contribution in [2.45, 2.75) is 12.5 Å². The van der Waals surface area contributed by atoms with Crippen LogP contribution in [0.1, 0.15) is 17.2 Å². The maximum Gasteiger partial charge on any atom is 0.225 e. The second kappa shape index (κ2) is 8.23. The molecule has 6 heteroatoms. The number of hydrogen-bond acceptors (Lipinski definition) is 4. The van der Waals surface area contributed by atoms with Crippen molar-refractivity contribution in [2.75, 3.05) is 14.2 Å². The molecule has 1 atom stereocenters. The van der Waals surface area contributed by atoms with Crippen molar-refractivity contribution >= 4 is 17.5 Å². The summed E-state index contributed by atoms with van der Waals surface area (Å²) in [5.74, 6) is 0.861. The molecule has 0 bridgehead atoms. The molecule has 0 aliphatic rings. The summed E-state index contributed by atoms with van der Waals surface area (Å²) in [6.07, 6.45) is 0.0656. The number of nitrogens with zero attached hydrogens (tertiary/aromatic N) is 1. The van der Waals surface area contributed by atoms with Crippen LogP contribution in [0.3, 0.4) is 0 Å². The Morgan fingerprint density at radius 3 is 2.62 bits per heavy atom. The number of amides is 1. The van der Waals surface area contributed by atoms with Crippen molar-refractivity contribution in [1.82, 2.24) is 5.32 Å². The number of hydrogen-bond donors (Lipinski definition) is 1. The summed E-state index contributed by atoms with van der Waals surface area (Å²) in [4.78, 5) is 12.3. The van der Waals surface area contributed by atoms with E-state index in [9.17, 15) is 10.1 Å². The second-order valence-corrected chi connectivity index (χ2v) is 5.41. The Bertz CT molecular complexity index is 771. The summed E-state index contributed by atoms with van der Waals surface area (Å²) in [5, 5.41) is 12.5. The molecule has 2 aromatic rings. The molecule has 0 aliphatic heterocycles. The third-order valence-corrected chi connectivity index (χ3v) is 3.85. The molecule has 1 amide bonds. The van der Waals surface area contributed by atoms with Gasteiger partial charge in [-0.25, -0.2) is 0 Å². The predicted octanol–water partition coefficient (Wildman–Crippen LogP) is 3.28. The summed E-state index contributed by atoms with van der Waals surface area (Å²) in [6, 6.07) is 13.5. The Hall–Kier alpha value is -2.71. The average Bonchev–Trinajstić information content (AvgIpc) is 2.61. The van der Waals surface area contributed by atoms with Gasteiger partial charge in [-0.2, -0.15) is 5.26 Å². The first-order valence-electron chi connectivity index (χ1n) is 7.23. The Morgan fingerprint density at radius 1 is 1.25 bits per heavy atom. The van der Waals surface area contributed by atoms with E-state index in [2.05, 4.69) is 11.4 Å². The van der Waals surface area contributed by atoms with E-state index in [1.807, 2.05) is 0 Å². The molecule has 2 rings (SSSR count). The minimum absolute atomic E-state index is 0.0656. The van der Waals surface area contributed by atoms with Crippen LogP contribution in [0.25, 0.3) is 0 Å². The van der Waals surface area contributed by atoms with Gasteiger partial charge in [-0.1, -0.05) is 35.9 Å². The molecule has 124 valence electrons.